The summed E-state index contributed by atoms with van der Waals surface area (Å²) in [6.45, 7) is 6.02. The van der Waals surface area contributed by atoms with E-state index in [-0.39, 0.29) is 52.0 Å². The Kier molecular flexibility index (Phi) is 40.8. The summed E-state index contributed by atoms with van der Waals surface area (Å²) in [7, 11) is -9.91. The smallest absolute Gasteiger partial charge is 0.306 e. The van der Waals surface area contributed by atoms with Gasteiger partial charge in [-0.3, -0.25) is 27.5 Å². The van der Waals surface area contributed by atoms with Crippen LogP contribution in [0.15, 0.2) is 0 Å². The number of quaternary nitrogens is 2. The molecule has 0 saturated carbocycles. The monoisotopic (exact) mass is 786 g/mol. The molecule has 0 aromatic rings. The number of carbonyl (C=O) groups excluding carboxylic acids is 4. The summed E-state index contributed by atoms with van der Waals surface area (Å²) in [5.41, 5.74) is 0. The van der Waals surface area contributed by atoms with Gasteiger partial charge in [0, 0.05) is 25.7 Å². The predicted octanol–water partition coefficient (Wildman–Crippen LogP) is 5.55. The first kappa shape index (κ1) is 57.9. The van der Waals surface area contributed by atoms with Gasteiger partial charge < -0.3 is 40.4 Å². The molecule has 0 heterocycles. The topological polar surface area (TPSA) is 311 Å². The van der Waals surface area contributed by atoms with Crippen molar-refractivity contribution in [2.24, 2.45) is 0 Å². The molecule has 308 valence electrons. The molecule has 18 nitrogen and oxygen atoms in total. The number of hydrogen-bond acceptors (Lipinski definition) is 16. The minimum absolute atomic E-state index is 0. The van der Waals surface area contributed by atoms with E-state index in [1.807, 2.05) is 27.7 Å². The van der Waals surface area contributed by atoms with E-state index in [0.717, 1.165) is 51.4 Å². The molecule has 8 N–H and O–H groups in total. The average Bonchev–Trinajstić information content (AvgIpc) is 2.99. The van der Waals surface area contributed by atoms with Crippen LogP contribution in [-0.4, -0.2) is 88.5 Å². The van der Waals surface area contributed by atoms with Gasteiger partial charge in [-0.1, -0.05) is 86.5 Å². The highest BCUT2D eigenvalue weighted by Crippen LogP contribution is 2.08. The van der Waals surface area contributed by atoms with Crippen LogP contribution >= 0.6 is 0 Å². The minimum Gasteiger partial charge on any atom is -0.726 e. The van der Waals surface area contributed by atoms with Gasteiger partial charge in [-0.2, -0.15) is 0 Å². The van der Waals surface area contributed by atoms with Gasteiger partial charge in [-0.15, -0.1) is 0 Å². The van der Waals surface area contributed by atoms with E-state index in [1.165, 1.54) is 0 Å². The molecule has 0 aromatic carbocycles. The van der Waals surface area contributed by atoms with Crippen molar-refractivity contribution in [2.45, 2.75) is 150 Å². The molecule has 0 rings (SSSR count). The summed E-state index contributed by atoms with van der Waals surface area (Å²) in [5.74, 6) is -2.06. The molecule has 1 atom stereocenters. The van der Waals surface area contributed by atoms with Gasteiger partial charge in [0.25, 0.3) is 0 Å². The first-order chi connectivity index (χ1) is 22.6. The maximum absolute atomic E-state index is 11.7. The van der Waals surface area contributed by atoms with Gasteiger partial charge in [-0.25, -0.2) is 16.8 Å². The number of hydrogen-bond donors (Lipinski definition) is 2. The van der Waals surface area contributed by atoms with Crippen molar-refractivity contribution in [1.82, 2.24) is 12.3 Å². The molecule has 0 bridgehead atoms. The predicted molar refractivity (Wildman–Crippen MR) is 188 cm³/mol. The molecule has 1 unspecified atom stereocenters. The molecule has 0 aliphatic carbocycles. The molecule has 0 radical (unpaired) electrons. The number of esters is 4. The third-order valence-electron chi connectivity index (χ3n) is 6.18. The summed E-state index contributed by atoms with van der Waals surface area (Å²) in [5, 5.41) is 0. The molecular formula is C31H66N2O16S2. The lowest BCUT2D eigenvalue weighted by molar-refractivity contribution is -0.161. The van der Waals surface area contributed by atoms with Crippen LogP contribution in [0.1, 0.15) is 138 Å². The van der Waals surface area contributed by atoms with Crippen LogP contribution in [0, 0.1) is 0 Å². The van der Waals surface area contributed by atoms with E-state index in [4.69, 9.17) is 18.9 Å². The van der Waals surface area contributed by atoms with Gasteiger partial charge in [-0.05, 0) is 25.7 Å². The molecule has 0 aliphatic heterocycles. The lowest BCUT2D eigenvalue weighted by Crippen LogP contribution is -2.30. The Morgan fingerprint density at radius 2 is 0.804 bits per heavy atom. The molecule has 51 heavy (non-hydrogen) atoms. The van der Waals surface area contributed by atoms with E-state index in [2.05, 4.69) is 8.37 Å². The first-order valence-electron chi connectivity index (χ1n) is 16.5. The van der Waals surface area contributed by atoms with Gasteiger partial charge >= 0.3 is 23.9 Å². The third kappa shape index (κ3) is 43.6. The summed E-state index contributed by atoms with van der Waals surface area (Å²) >= 11 is 0. The summed E-state index contributed by atoms with van der Waals surface area (Å²) in [4.78, 5) is 46.2. The summed E-state index contributed by atoms with van der Waals surface area (Å²) in [6, 6.07) is 0. The van der Waals surface area contributed by atoms with Crippen molar-refractivity contribution in [3.8, 4) is 0 Å². The lowest BCUT2D eigenvalue weighted by atomic mass is 10.2. The van der Waals surface area contributed by atoms with Crippen LogP contribution in [0.2, 0.25) is 0 Å². The number of carbonyl (C=O) groups is 4. The van der Waals surface area contributed by atoms with E-state index in [1.54, 1.807) is 0 Å². The van der Waals surface area contributed by atoms with Crippen LogP contribution in [-0.2, 0) is 67.3 Å². The zero-order valence-corrected chi connectivity index (χ0v) is 32.3. The fourth-order valence-corrected chi connectivity index (χ4v) is 4.40. The standard InChI is InChI=1S/2C15H28O8S.CH4.2H3N/c1-3-5-7-9-14(16)21-11-13(12-22-24(18,19)20)23-15(17)10-8-6-4-2;1-3-5-7-9-14(16)21-11-13(23-24(18,19)20)12-22-15(17)10-8-6-4-2;;;/h2*13H,3-12H2,1-2H3,(H,18,19,20);1H4;2*1H3. The Balaban J connectivity index is -0.000000261. The third-order valence-corrected chi connectivity index (χ3v) is 7.11. The van der Waals surface area contributed by atoms with Gasteiger partial charge in [0.2, 0.25) is 20.8 Å². The highest BCUT2D eigenvalue weighted by atomic mass is 32.3. The van der Waals surface area contributed by atoms with E-state index >= 15 is 0 Å². The molecule has 20 heteroatoms. The van der Waals surface area contributed by atoms with E-state index in [0.29, 0.717) is 25.7 Å². The van der Waals surface area contributed by atoms with Gasteiger partial charge in [0.15, 0.2) is 6.10 Å². The number of ether oxygens (including phenoxy) is 4. The Morgan fingerprint density at radius 3 is 1.10 bits per heavy atom. The van der Waals surface area contributed by atoms with Crippen molar-refractivity contribution in [2.75, 3.05) is 26.4 Å². The second-order valence-corrected chi connectivity index (χ2v) is 12.9. The van der Waals surface area contributed by atoms with E-state index in [9.17, 15) is 45.1 Å². The second-order valence-electron chi connectivity index (χ2n) is 10.8. The van der Waals surface area contributed by atoms with Gasteiger partial charge in [0.05, 0.1) is 0 Å². The maximum Gasteiger partial charge on any atom is 0.306 e. The zero-order valence-electron chi connectivity index (χ0n) is 30.6. The van der Waals surface area contributed by atoms with E-state index < -0.39 is 76.7 Å². The Bertz CT molecular complexity index is 1080. The highest BCUT2D eigenvalue weighted by Gasteiger charge is 2.20. The molecule has 0 aromatic heterocycles. The molecule has 0 saturated heterocycles. The summed E-state index contributed by atoms with van der Waals surface area (Å²) < 4.78 is 91.7. The summed E-state index contributed by atoms with van der Waals surface area (Å²) in [6.07, 6.45) is 8.25. The normalized spacial score (nSPS) is 11.4. The van der Waals surface area contributed by atoms with Crippen LogP contribution in [0.4, 0.5) is 0 Å². The molecule has 0 amide bonds. The van der Waals surface area contributed by atoms with Crippen LogP contribution in [0.25, 0.3) is 0 Å². The molecule has 0 fully saturated rings. The van der Waals surface area contributed by atoms with Crippen molar-refractivity contribution in [3.05, 3.63) is 0 Å². The van der Waals surface area contributed by atoms with Crippen LogP contribution < -0.4 is 12.3 Å². The molecular weight excluding hydrogens is 720 g/mol. The minimum atomic E-state index is -4.99. The van der Waals surface area contributed by atoms with Crippen LogP contribution in [0.3, 0.4) is 0 Å². The quantitative estimate of drug-likeness (QED) is 0.0323. The van der Waals surface area contributed by atoms with Crippen molar-refractivity contribution >= 4 is 44.7 Å². The van der Waals surface area contributed by atoms with Gasteiger partial charge in [0.1, 0.15) is 32.5 Å². The van der Waals surface area contributed by atoms with Crippen molar-refractivity contribution < 1.29 is 72.4 Å². The first-order valence-corrected chi connectivity index (χ1v) is 19.1. The van der Waals surface area contributed by atoms with Crippen molar-refractivity contribution in [1.29, 1.82) is 0 Å². The number of unbranched alkanes of at least 4 members (excludes halogenated alkanes) is 8. The van der Waals surface area contributed by atoms with Crippen molar-refractivity contribution in [3.63, 3.8) is 0 Å². The Hall–Kier alpha value is -2.46. The SMILES string of the molecule is C.CCCCCC(=O)OCC(COC(=O)CCCCC)OS(=O)(=O)[O-].CCCCCC(=O)OCC(COS(=O)(=O)[O-])OC(=O)CCCCC.[NH4+].[NH4+]. The average molecular weight is 787 g/mol. The highest BCUT2D eigenvalue weighted by molar-refractivity contribution is 7.81. The molecule has 0 spiro atoms. The fourth-order valence-electron chi connectivity index (χ4n) is 3.64. The van der Waals surface area contributed by atoms with Crippen LogP contribution in [0.5, 0.6) is 0 Å². The second kappa shape index (κ2) is 35.9. The Morgan fingerprint density at radius 1 is 0.490 bits per heavy atom. The fraction of sp³-hybridized carbons (Fsp3) is 0.871. The lowest BCUT2D eigenvalue weighted by Gasteiger charge is -2.19. The molecule has 0 aliphatic rings. The zero-order chi connectivity index (χ0) is 36.8. The Labute approximate surface area is 305 Å². The largest absolute Gasteiger partial charge is 0.726 e. The maximum atomic E-state index is 11.7. The number of rotatable bonds is 28.